The molecule has 10 heavy (non-hydrogen) atoms. The number of ether oxygens (including phenoxy) is 1. The number of hydrogen-bond acceptors (Lipinski definition) is 2. The van der Waals surface area contributed by atoms with Crippen LogP contribution in [-0.2, 0) is 0 Å². The first-order chi connectivity index (χ1) is 4.88. The van der Waals surface area contributed by atoms with E-state index in [9.17, 15) is 4.79 Å². The molecule has 0 saturated carbocycles. The number of nitrogens with one attached hydrogen (secondary N) is 1. The molecule has 1 N–H and O–H groups in total. The Labute approximate surface area is 58.7 Å². The lowest BCUT2D eigenvalue weighted by atomic mass is 10.3. The second kappa shape index (κ2) is 2.96. The quantitative estimate of drug-likeness (QED) is 0.552. The lowest BCUT2D eigenvalue weighted by molar-refractivity contribution is -0.393. The second-order valence-corrected chi connectivity index (χ2v) is 1.78. The van der Waals surface area contributed by atoms with Crippen molar-refractivity contribution in [2.75, 3.05) is 7.11 Å². The zero-order valence-electron chi connectivity index (χ0n) is 5.63. The van der Waals surface area contributed by atoms with Crippen molar-refractivity contribution in [3.05, 3.63) is 23.9 Å². The summed E-state index contributed by atoms with van der Waals surface area (Å²) in [5.41, 5.74) is 0.532. The second-order valence-electron chi connectivity index (χ2n) is 1.78. The Balaban J connectivity index is 3.08. The van der Waals surface area contributed by atoms with E-state index in [0.717, 1.165) is 6.29 Å². The molecule has 52 valence electrons. The van der Waals surface area contributed by atoms with Gasteiger partial charge < -0.3 is 4.74 Å². The summed E-state index contributed by atoms with van der Waals surface area (Å²) >= 11 is 0. The van der Waals surface area contributed by atoms with Crippen LogP contribution >= 0.6 is 0 Å². The van der Waals surface area contributed by atoms with Crippen molar-refractivity contribution < 1.29 is 14.5 Å². The van der Waals surface area contributed by atoms with Gasteiger partial charge in [-0.2, -0.15) is 4.98 Å². The molecule has 0 amide bonds. The van der Waals surface area contributed by atoms with Crippen molar-refractivity contribution in [2.24, 2.45) is 0 Å². The molecule has 1 rings (SSSR count). The zero-order chi connectivity index (χ0) is 7.40. The zero-order valence-corrected chi connectivity index (χ0v) is 5.63. The van der Waals surface area contributed by atoms with Crippen LogP contribution in [0.2, 0.25) is 0 Å². The molecule has 0 spiro atoms. The maximum Gasteiger partial charge on any atom is 0.376 e. The first-order valence-electron chi connectivity index (χ1n) is 2.88. The van der Waals surface area contributed by atoms with Gasteiger partial charge in [0, 0.05) is 6.07 Å². The van der Waals surface area contributed by atoms with Gasteiger partial charge in [-0.05, 0) is 6.07 Å². The van der Waals surface area contributed by atoms with Gasteiger partial charge in [-0.1, -0.05) is 0 Å². The Hall–Kier alpha value is -1.38. The van der Waals surface area contributed by atoms with Gasteiger partial charge in [0.15, 0.2) is 12.5 Å². The standard InChI is InChI=1S/C7H7NO2/c1-10-7-6(5-9)3-2-4-8-7/h2-5H,1H3/p+1. The third-order valence-corrected chi connectivity index (χ3v) is 1.18. The molecule has 3 heteroatoms. The molecule has 3 nitrogen and oxygen atoms in total. The van der Waals surface area contributed by atoms with E-state index >= 15 is 0 Å². The number of carbonyl (C=O) groups excluding carboxylic acids is 1. The summed E-state index contributed by atoms with van der Waals surface area (Å²) in [6.07, 6.45) is 2.45. The van der Waals surface area contributed by atoms with Crippen molar-refractivity contribution in [1.82, 2.24) is 0 Å². The maximum absolute atomic E-state index is 10.3. The van der Waals surface area contributed by atoms with Gasteiger partial charge >= 0.3 is 5.88 Å². The number of aromatic amines is 1. The molecule has 0 unspecified atom stereocenters. The van der Waals surface area contributed by atoms with E-state index in [1.807, 2.05) is 0 Å². The molecule has 0 aliphatic rings. The fraction of sp³-hybridized carbons (Fsp3) is 0.143. The summed E-state index contributed by atoms with van der Waals surface area (Å²) in [5.74, 6) is 0.498. The number of hydrogen-bond donors (Lipinski definition) is 0. The summed E-state index contributed by atoms with van der Waals surface area (Å²) in [6, 6.07) is 3.43. The topological polar surface area (TPSA) is 40.4 Å². The number of pyridine rings is 1. The molecule has 0 atom stereocenters. The van der Waals surface area contributed by atoms with Gasteiger partial charge in [-0.25, -0.2) is 0 Å². The van der Waals surface area contributed by atoms with Crippen LogP contribution in [0.1, 0.15) is 10.4 Å². The predicted molar refractivity (Wildman–Crippen MR) is 34.9 cm³/mol. The van der Waals surface area contributed by atoms with Crippen LogP contribution in [0.5, 0.6) is 5.88 Å². The fourth-order valence-electron chi connectivity index (χ4n) is 0.704. The average molecular weight is 138 g/mol. The van der Waals surface area contributed by atoms with Gasteiger partial charge in [-0.15, -0.1) is 0 Å². The third-order valence-electron chi connectivity index (χ3n) is 1.18. The van der Waals surface area contributed by atoms with Gasteiger partial charge in [0.1, 0.15) is 5.56 Å². The van der Waals surface area contributed by atoms with Gasteiger partial charge in [-0.3, -0.25) is 4.79 Å². The van der Waals surface area contributed by atoms with Crippen LogP contribution in [0.3, 0.4) is 0 Å². The van der Waals surface area contributed by atoms with E-state index in [2.05, 4.69) is 4.98 Å². The van der Waals surface area contributed by atoms with Crippen LogP contribution in [0.4, 0.5) is 0 Å². The minimum absolute atomic E-state index is 0.498. The number of aldehydes is 1. The highest BCUT2D eigenvalue weighted by molar-refractivity contribution is 5.77. The van der Waals surface area contributed by atoms with E-state index in [-0.39, 0.29) is 0 Å². The maximum atomic E-state index is 10.3. The highest BCUT2D eigenvalue weighted by atomic mass is 16.5. The Morgan fingerprint density at radius 2 is 2.50 bits per heavy atom. The molecule has 0 saturated heterocycles. The Morgan fingerprint density at radius 3 is 3.00 bits per heavy atom. The van der Waals surface area contributed by atoms with Crippen molar-refractivity contribution in [3.8, 4) is 5.88 Å². The Morgan fingerprint density at radius 1 is 1.70 bits per heavy atom. The van der Waals surface area contributed by atoms with E-state index in [4.69, 9.17) is 4.74 Å². The highest BCUT2D eigenvalue weighted by Gasteiger charge is 2.05. The minimum Gasteiger partial charge on any atom is -0.447 e. The fourth-order valence-corrected chi connectivity index (χ4v) is 0.704. The van der Waals surface area contributed by atoms with Gasteiger partial charge in [0.2, 0.25) is 0 Å². The molecular weight excluding hydrogens is 130 g/mol. The van der Waals surface area contributed by atoms with Crippen LogP contribution in [-0.4, -0.2) is 13.4 Å². The summed E-state index contributed by atoms with van der Waals surface area (Å²) in [5, 5.41) is 0. The van der Waals surface area contributed by atoms with Crippen molar-refractivity contribution in [1.29, 1.82) is 0 Å². The Bertz CT molecular complexity index is 235. The van der Waals surface area contributed by atoms with Crippen molar-refractivity contribution >= 4 is 6.29 Å². The summed E-state index contributed by atoms with van der Waals surface area (Å²) < 4.78 is 4.85. The summed E-state index contributed by atoms with van der Waals surface area (Å²) in [4.78, 5) is 13.1. The monoisotopic (exact) mass is 138 g/mol. The highest BCUT2D eigenvalue weighted by Crippen LogP contribution is 2.05. The van der Waals surface area contributed by atoms with E-state index in [1.54, 1.807) is 18.3 Å². The molecule has 0 bridgehead atoms. The SMILES string of the molecule is COc1[nH+]cccc1C=O. The van der Waals surface area contributed by atoms with Crippen molar-refractivity contribution in [3.63, 3.8) is 0 Å². The number of H-pyrrole nitrogens is 1. The number of aromatic nitrogens is 1. The largest absolute Gasteiger partial charge is 0.447 e. The lowest BCUT2D eigenvalue weighted by Gasteiger charge is -1.91. The molecular formula is C7H8NO2+. The molecule has 1 aromatic heterocycles. The van der Waals surface area contributed by atoms with Crippen LogP contribution < -0.4 is 9.72 Å². The predicted octanol–water partition coefficient (Wildman–Crippen LogP) is 0.322. The average Bonchev–Trinajstić information content (AvgIpc) is 2.04. The van der Waals surface area contributed by atoms with Crippen LogP contribution in [0, 0.1) is 0 Å². The van der Waals surface area contributed by atoms with Crippen molar-refractivity contribution in [2.45, 2.75) is 0 Å². The Kier molecular flexibility index (Phi) is 1.99. The van der Waals surface area contributed by atoms with Crippen LogP contribution in [0.15, 0.2) is 18.3 Å². The van der Waals surface area contributed by atoms with E-state index < -0.39 is 0 Å². The minimum atomic E-state index is 0.498. The molecule has 0 radical (unpaired) electrons. The van der Waals surface area contributed by atoms with Crippen LogP contribution in [0.25, 0.3) is 0 Å². The molecule has 0 aliphatic heterocycles. The summed E-state index contributed by atoms with van der Waals surface area (Å²) in [6.45, 7) is 0. The number of carbonyl (C=O) groups is 1. The smallest absolute Gasteiger partial charge is 0.376 e. The van der Waals surface area contributed by atoms with Gasteiger partial charge in [0.25, 0.3) is 0 Å². The molecule has 1 heterocycles. The molecule has 0 aliphatic carbocycles. The summed E-state index contributed by atoms with van der Waals surface area (Å²) in [7, 11) is 1.51. The molecule has 0 aromatic carbocycles. The first-order valence-corrected chi connectivity index (χ1v) is 2.88. The first kappa shape index (κ1) is 6.74. The molecule has 1 aromatic rings. The van der Waals surface area contributed by atoms with E-state index in [0.29, 0.717) is 11.4 Å². The van der Waals surface area contributed by atoms with E-state index in [1.165, 1.54) is 7.11 Å². The molecule has 0 fully saturated rings. The normalized spacial score (nSPS) is 8.90. The third kappa shape index (κ3) is 1.13. The van der Waals surface area contributed by atoms with Gasteiger partial charge in [0.05, 0.1) is 7.11 Å². The number of methoxy groups -OCH3 is 1. The lowest BCUT2D eigenvalue weighted by Crippen LogP contribution is -2.08. The number of rotatable bonds is 2.